The lowest BCUT2D eigenvalue weighted by Crippen LogP contribution is -2.31. The van der Waals surface area contributed by atoms with Crippen LogP contribution in [0.5, 0.6) is 0 Å². The van der Waals surface area contributed by atoms with Crippen molar-refractivity contribution in [2.45, 2.75) is 25.6 Å². The Morgan fingerprint density at radius 1 is 1.35 bits per heavy atom. The van der Waals surface area contributed by atoms with Gasteiger partial charge < -0.3 is 5.32 Å². The van der Waals surface area contributed by atoms with Gasteiger partial charge in [0.1, 0.15) is 0 Å². The molecule has 1 fully saturated rings. The molecule has 1 aromatic carbocycles. The summed E-state index contributed by atoms with van der Waals surface area (Å²) in [4.78, 5) is 2.51. The fourth-order valence-electron chi connectivity index (χ4n) is 2.34. The van der Waals surface area contributed by atoms with E-state index in [1.165, 1.54) is 29.1 Å². The first-order valence-electron chi connectivity index (χ1n) is 6.30. The normalized spacial score (nSPS) is 20.1. The second-order valence-corrected chi connectivity index (χ2v) is 5.88. The molecule has 0 aliphatic carbocycles. The van der Waals surface area contributed by atoms with Gasteiger partial charge in [-0.1, -0.05) is 24.3 Å². The molecule has 3 heteroatoms. The molecule has 1 unspecified atom stereocenters. The summed E-state index contributed by atoms with van der Waals surface area (Å²) in [5.74, 6) is 2.62. The molecule has 2 rings (SSSR count). The molecule has 0 bridgehead atoms. The van der Waals surface area contributed by atoms with Crippen LogP contribution in [0.3, 0.4) is 0 Å². The Balaban J connectivity index is 2.01. The first kappa shape index (κ1) is 12.9. The summed E-state index contributed by atoms with van der Waals surface area (Å²) in [5.41, 5.74) is 2.88. The van der Waals surface area contributed by atoms with E-state index in [1.54, 1.807) is 0 Å². The zero-order valence-corrected chi connectivity index (χ0v) is 11.6. The van der Waals surface area contributed by atoms with Gasteiger partial charge in [0.05, 0.1) is 0 Å². The van der Waals surface area contributed by atoms with Gasteiger partial charge in [0.15, 0.2) is 0 Å². The molecule has 2 nitrogen and oxygen atoms in total. The monoisotopic (exact) mass is 250 g/mol. The number of thioether (sulfide) groups is 1. The third kappa shape index (κ3) is 3.47. The number of rotatable bonds is 5. The van der Waals surface area contributed by atoms with Gasteiger partial charge in [-0.25, -0.2) is 0 Å². The van der Waals surface area contributed by atoms with E-state index in [0.717, 1.165) is 19.1 Å². The molecule has 17 heavy (non-hydrogen) atoms. The Labute approximate surface area is 109 Å². The summed E-state index contributed by atoms with van der Waals surface area (Å²) in [6.45, 7) is 2.03. The summed E-state index contributed by atoms with van der Waals surface area (Å²) < 4.78 is 0. The van der Waals surface area contributed by atoms with E-state index in [9.17, 15) is 0 Å². The van der Waals surface area contributed by atoms with Gasteiger partial charge in [-0.05, 0) is 37.4 Å². The standard InChI is InChI=1S/C14H22N2S/c1-15-9-12-5-3-4-6-13(12)10-16(2)14-7-8-17-11-14/h3-6,14-15H,7-11H2,1-2H3. The Hall–Kier alpha value is -0.510. The molecule has 0 amide bonds. The van der Waals surface area contributed by atoms with E-state index in [-0.39, 0.29) is 0 Å². The van der Waals surface area contributed by atoms with Gasteiger partial charge in [0, 0.05) is 24.9 Å². The third-order valence-electron chi connectivity index (χ3n) is 3.43. The van der Waals surface area contributed by atoms with Crippen molar-refractivity contribution in [2.24, 2.45) is 0 Å². The van der Waals surface area contributed by atoms with Crippen LogP contribution in [0.1, 0.15) is 17.5 Å². The third-order valence-corrected chi connectivity index (χ3v) is 4.58. The number of nitrogens with zero attached hydrogens (tertiary/aromatic N) is 1. The minimum Gasteiger partial charge on any atom is -0.316 e. The molecular weight excluding hydrogens is 228 g/mol. The van der Waals surface area contributed by atoms with Gasteiger partial charge in [0.2, 0.25) is 0 Å². The summed E-state index contributed by atoms with van der Waals surface area (Å²) in [6, 6.07) is 9.52. The SMILES string of the molecule is CNCc1ccccc1CN(C)C1CCSC1. The smallest absolute Gasteiger partial charge is 0.0237 e. The Bertz CT molecular complexity index is 348. The second-order valence-electron chi connectivity index (χ2n) is 4.73. The maximum absolute atomic E-state index is 3.24. The molecule has 1 aliphatic rings. The largest absolute Gasteiger partial charge is 0.316 e. The van der Waals surface area contributed by atoms with E-state index in [1.807, 2.05) is 7.05 Å². The van der Waals surface area contributed by atoms with Crippen molar-refractivity contribution in [2.75, 3.05) is 25.6 Å². The number of hydrogen-bond acceptors (Lipinski definition) is 3. The van der Waals surface area contributed by atoms with Crippen LogP contribution in [-0.2, 0) is 13.1 Å². The zero-order valence-electron chi connectivity index (χ0n) is 10.8. The molecule has 94 valence electrons. The minimum atomic E-state index is 0.766. The Morgan fingerprint density at radius 2 is 2.12 bits per heavy atom. The number of hydrogen-bond donors (Lipinski definition) is 1. The van der Waals surface area contributed by atoms with Crippen molar-refractivity contribution in [1.29, 1.82) is 0 Å². The van der Waals surface area contributed by atoms with Crippen molar-refractivity contribution in [1.82, 2.24) is 10.2 Å². The van der Waals surface area contributed by atoms with Crippen molar-refractivity contribution in [3.05, 3.63) is 35.4 Å². The molecule has 0 saturated carbocycles. The first-order chi connectivity index (χ1) is 8.31. The van der Waals surface area contributed by atoms with Gasteiger partial charge in [0.25, 0.3) is 0 Å². The predicted octanol–water partition coefficient (Wildman–Crippen LogP) is 2.34. The minimum absolute atomic E-state index is 0.766. The van der Waals surface area contributed by atoms with Crippen LogP contribution >= 0.6 is 11.8 Å². The van der Waals surface area contributed by atoms with E-state index >= 15 is 0 Å². The molecule has 1 aromatic rings. The molecular formula is C14H22N2S. The van der Waals surface area contributed by atoms with Crippen LogP contribution in [0, 0.1) is 0 Å². The Kier molecular flexibility index (Phi) is 4.89. The van der Waals surface area contributed by atoms with Crippen LogP contribution in [0.2, 0.25) is 0 Å². The quantitative estimate of drug-likeness (QED) is 0.863. The van der Waals surface area contributed by atoms with E-state index in [0.29, 0.717) is 0 Å². The van der Waals surface area contributed by atoms with Crippen molar-refractivity contribution in [3.8, 4) is 0 Å². The van der Waals surface area contributed by atoms with Crippen molar-refractivity contribution >= 4 is 11.8 Å². The van der Waals surface area contributed by atoms with Gasteiger partial charge in [-0.3, -0.25) is 4.90 Å². The molecule has 0 radical (unpaired) electrons. The average molecular weight is 250 g/mol. The summed E-state index contributed by atoms with van der Waals surface area (Å²) >= 11 is 2.08. The maximum atomic E-state index is 3.24. The fraction of sp³-hybridized carbons (Fsp3) is 0.571. The van der Waals surface area contributed by atoms with E-state index < -0.39 is 0 Å². The topological polar surface area (TPSA) is 15.3 Å². The van der Waals surface area contributed by atoms with E-state index in [2.05, 4.69) is 53.3 Å². The maximum Gasteiger partial charge on any atom is 0.0237 e. The molecule has 1 saturated heterocycles. The van der Waals surface area contributed by atoms with Crippen LogP contribution < -0.4 is 5.32 Å². The highest BCUT2D eigenvalue weighted by atomic mass is 32.2. The van der Waals surface area contributed by atoms with E-state index in [4.69, 9.17) is 0 Å². The highest BCUT2D eigenvalue weighted by molar-refractivity contribution is 7.99. The van der Waals surface area contributed by atoms with Crippen LogP contribution in [0.25, 0.3) is 0 Å². The summed E-state index contributed by atoms with van der Waals surface area (Å²) in [5, 5.41) is 3.24. The molecule has 0 spiro atoms. The molecule has 0 aromatic heterocycles. The lowest BCUT2D eigenvalue weighted by atomic mass is 10.1. The van der Waals surface area contributed by atoms with Gasteiger partial charge >= 0.3 is 0 Å². The first-order valence-corrected chi connectivity index (χ1v) is 7.46. The summed E-state index contributed by atoms with van der Waals surface area (Å²) in [7, 11) is 4.26. The van der Waals surface area contributed by atoms with Crippen molar-refractivity contribution in [3.63, 3.8) is 0 Å². The van der Waals surface area contributed by atoms with Gasteiger partial charge in [-0.2, -0.15) is 11.8 Å². The Morgan fingerprint density at radius 3 is 2.76 bits per heavy atom. The van der Waals surface area contributed by atoms with Crippen molar-refractivity contribution < 1.29 is 0 Å². The summed E-state index contributed by atoms with van der Waals surface area (Å²) in [6.07, 6.45) is 1.34. The molecule has 1 aliphatic heterocycles. The number of nitrogens with one attached hydrogen (secondary N) is 1. The molecule has 1 N–H and O–H groups in total. The fourth-order valence-corrected chi connectivity index (χ4v) is 3.64. The number of benzene rings is 1. The van der Waals surface area contributed by atoms with Crippen LogP contribution in [0.15, 0.2) is 24.3 Å². The molecule has 1 heterocycles. The zero-order chi connectivity index (χ0) is 12.1. The van der Waals surface area contributed by atoms with Crippen LogP contribution in [0.4, 0.5) is 0 Å². The average Bonchev–Trinajstić information content (AvgIpc) is 2.85. The van der Waals surface area contributed by atoms with Gasteiger partial charge in [-0.15, -0.1) is 0 Å². The van der Waals surface area contributed by atoms with Crippen LogP contribution in [-0.4, -0.2) is 36.5 Å². The lowest BCUT2D eigenvalue weighted by Gasteiger charge is -2.24. The highest BCUT2D eigenvalue weighted by Crippen LogP contribution is 2.23. The molecule has 1 atom stereocenters. The second kappa shape index (κ2) is 6.43. The lowest BCUT2D eigenvalue weighted by molar-refractivity contribution is 0.253. The highest BCUT2D eigenvalue weighted by Gasteiger charge is 2.20. The predicted molar refractivity (Wildman–Crippen MR) is 76.4 cm³/mol.